The van der Waals surface area contributed by atoms with Gasteiger partial charge in [-0.1, -0.05) is 11.2 Å². The minimum absolute atomic E-state index is 0.00343. The molecule has 0 spiro atoms. The van der Waals surface area contributed by atoms with Gasteiger partial charge in [-0.15, -0.1) is 0 Å². The fourth-order valence-electron chi connectivity index (χ4n) is 1.05. The topological polar surface area (TPSA) is 76.2 Å². The van der Waals surface area contributed by atoms with E-state index in [-0.39, 0.29) is 5.69 Å². The van der Waals surface area contributed by atoms with Crippen molar-refractivity contribution in [2.24, 2.45) is 0 Å². The summed E-state index contributed by atoms with van der Waals surface area (Å²) in [5, 5.41) is 12.2. The molecular formula is C9H6N2O3. The Hall–Kier alpha value is -2.17. The summed E-state index contributed by atoms with van der Waals surface area (Å²) in [5.41, 5.74) is 1.20. The zero-order valence-corrected chi connectivity index (χ0v) is 7.04. The number of nitrogens with zero attached hydrogens (tertiary/aromatic N) is 2. The molecule has 0 fully saturated rings. The van der Waals surface area contributed by atoms with E-state index in [1.54, 1.807) is 12.1 Å². The lowest BCUT2D eigenvalue weighted by molar-refractivity contribution is 0.0690. The molecule has 5 heteroatoms. The van der Waals surface area contributed by atoms with Crippen molar-refractivity contribution in [2.75, 3.05) is 0 Å². The van der Waals surface area contributed by atoms with Gasteiger partial charge >= 0.3 is 5.97 Å². The second kappa shape index (κ2) is 3.29. The van der Waals surface area contributed by atoms with Gasteiger partial charge in [0.1, 0.15) is 12.0 Å². The van der Waals surface area contributed by atoms with Gasteiger partial charge < -0.3 is 9.63 Å². The van der Waals surface area contributed by atoms with Crippen LogP contribution in [0.15, 0.2) is 35.2 Å². The van der Waals surface area contributed by atoms with Gasteiger partial charge in [0.05, 0.1) is 17.5 Å². The lowest BCUT2D eigenvalue weighted by Gasteiger charge is -1.96. The molecule has 0 aliphatic heterocycles. The number of rotatable bonds is 2. The quantitative estimate of drug-likeness (QED) is 0.775. The van der Waals surface area contributed by atoms with Gasteiger partial charge in [-0.3, -0.25) is 0 Å². The number of carbonyl (C=O) groups is 1. The first-order valence-corrected chi connectivity index (χ1v) is 3.87. The largest absolute Gasteiger partial charge is 0.477 e. The Morgan fingerprint density at radius 1 is 1.43 bits per heavy atom. The third kappa shape index (κ3) is 1.47. The molecule has 0 saturated carbocycles. The lowest BCUT2D eigenvalue weighted by Crippen LogP contribution is -2.00. The summed E-state index contributed by atoms with van der Waals surface area (Å²) in [5.74, 6) is -1.05. The van der Waals surface area contributed by atoms with Gasteiger partial charge in [0.2, 0.25) is 0 Å². The van der Waals surface area contributed by atoms with Crippen LogP contribution in [0.1, 0.15) is 10.5 Å². The molecule has 0 atom stereocenters. The van der Waals surface area contributed by atoms with Crippen LogP contribution in [-0.4, -0.2) is 21.2 Å². The zero-order chi connectivity index (χ0) is 9.97. The predicted molar refractivity (Wildman–Crippen MR) is 46.7 cm³/mol. The first kappa shape index (κ1) is 8.43. The molecule has 0 aromatic carbocycles. The van der Waals surface area contributed by atoms with Gasteiger partial charge in [-0.25, -0.2) is 9.78 Å². The number of hydrogen-bond donors (Lipinski definition) is 1. The molecule has 0 radical (unpaired) electrons. The Morgan fingerprint density at radius 3 is 2.93 bits per heavy atom. The van der Waals surface area contributed by atoms with E-state index in [1.807, 2.05) is 0 Å². The maximum absolute atomic E-state index is 10.6. The minimum atomic E-state index is -1.05. The molecule has 70 valence electrons. The Bertz CT molecular complexity index is 451. The molecule has 2 aromatic heterocycles. The third-order valence-electron chi connectivity index (χ3n) is 1.70. The Morgan fingerprint density at radius 2 is 2.29 bits per heavy atom. The van der Waals surface area contributed by atoms with Crippen LogP contribution >= 0.6 is 0 Å². The second-order valence-electron chi connectivity index (χ2n) is 2.63. The number of hydrogen-bond acceptors (Lipinski definition) is 4. The fourth-order valence-corrected chi connectivity index (χ4v) is 1.05. The lowest BCUT2D eigenvalue weighted by atomic mass is 10.2. The molecule has 0 amide bonds. The van der Waals surface area contributed by atoms with Crippen molar-refractivity contribution >= 4 is 5.97 Å². The summed E-state index contributed by atoms with van der Waals surface area (Å²) < 4.78 is 4.63. The van der Waals surface area contributed by atoms with Crippen molar-refractivity contribution in [3.8, 4) is 11.3 Å². The fraction of sp³-hybridized carbons (Fsp3) is 0. The molecule has 5 nitrogen and oxygen atoms in total. The van der Waals surface area contributed by atoms with Gasteiger partial charge in [-0.05, 0) is 12.1 Å². The van der Waals surface area contributed by atoms with Crippen LogP contribution in [0.4, 0.5) is 0 Å². The van der Waals surface area contributed by atoms with Gasteiger partial charge in [-0.2, -0.15) is 0 Å². The van der Waals surface area contributed by atoms with Crippen molar-refractivity contribution in [1.29, 1.82) is 0 Å². The van der Waals surface area contributed by atoms with Crippen molar-refractivity contribution in [3.05, 3.63) is 36.4 Å². The van der Waals surface area contributed by atoms with Crippen LogP contribution in [0.5, 0.6) is 0 Å². The van der Waals surface area contributed by atoms with E-state index in [2.05, 4.69) is 14.7 Å². The summed E-state index contributed by atoms with van der Waals surface area (Å²) in [7, 11) is 0. The highest BCUT2D eigenvalue weighted by atomic mass is 16.5. The smallest absolute Gasteiger partial charge is 0.354 e. The Balaban J connectivity index is 2.46. The van der Waals surface area contributed by atoms with Crippen LogP contribution in [0.2, 0.25) is 0 Å². The average molecular weight is 190 g/mol. The van der Waals surface area contributed by atoms with Crippen molar-refractivity contribution < 1.29 is 14.4 Å². The van der Waals surface area contributed by atoms with E-state index in [0.29, 0.717) is 11.3 Å². The van der Waals surface area contributed by atoms with Crippen molar-refractivity contribution in [3.63, 3.8) is 0 Å². The van der Waals surface area contributed by atoms with E-state index in [4.69, 9.17) is 5.11 Å². The highest BCUT2D eigenvalue weighted by Crippen LogP contribution is 2.15. The molecule has 0 bridgehead atoms. The van der Waals surface area contributed by atoms with E-state index < -0.39 is 5.97 Å². The Labute approximate surface area is 79.0 Å². The summed E-state index contributed by atoms with van der Waals surface area (Å²) >= 11 is 0. The van der Waals surface area contributed by atoms with Crippen LogP contribution < -0.4 is 0 Å². The zero-order valence-electron chi connectivity index (χ0n) is 7.04. The van der Waals surface area contributed by atoms with E-state index >= 15 is 0 Å². The molecule has 1 N–H and O–H groups in total. The standard InChI is InChI=1S/C9H6N2O3/c12-9(13)8-3-1-2-7(11-8)6-4-10-14-5-6/h1-5H,(H,12,13). The SMILES string of the molecule is O=C(O)c1cccc(-c2cnoc2)n1. The van der Waals surface area contributed by atoms with Crippen LogP contribution in [0.3, 0.4) is 0 Å². The molecule has 14 heavy (non-hydrogen) atoms. The molecule has 0 aliphatic rings. The molecule has 0 aliphatic carbocycles. The van der Waals surface area contributed by atoms with E-state index in [0.717, 1.165) is 0 Å². The molecule has 2 rings (SSSR count). The molecular weight excluding hydrogens is 184 g/mol. The minimum Gasteiger partial charge on any atom is -0.477 e. The number of aromatic nitrogens is 2. The summed E-state index contributed by atoms with van der Waals surface area (Å²) in [6.07, 6.45) is 2.89. The number of carboxylic acids is 1. The first-order valence-electron chi connectivity index (χ1n) is 3.87. The number of pyridine rings is 1. The first-order chi connectivity index (χ1) is 6.77. The number of carboxylic acid groups (broad SMARTS) is 1. The van der Waals surface area contributed by atoms with Crippen LogP contribution in [-0.2, 0) is 0 Å². The van der Waals surface area contributed by atoms with E-state index in [1.165, 1.54) is 18.5 Å². The third-order valence-corrected chi connectivity index (χ3v) is 1.70. The second-order valence-corrected chi connectivity index (χ2v) is 2.63. The van der Waals surface area contributed by atoms with E-state index in [9.17, 15) is 4.79 Å². The predicted octanol–water partition coefficient (Wildman–Crippen LogP) is 1.43. The molecule has 2 aromatic rings. The highest BCUT2D eigenvalue weighted by Gasteiger charge is 2.07. The molecule has 0 unspecified atom stereocenters. The van der Waals surface area contributed by atoms with Crippen molar-refractivity contribution in [1.82, 2.24) is 10.1 Å². The average Bonchev–Trinajstić information content (AvgIpc) is 2.71. The summed E-state index contributed by atoms with van der Waals surface area (Å²) in [4.78, 5) is 14.5. The molecule has 0 saturated heterocycles. The van der Waals surface area contributed by atoms with Gasteiger partial charge in [0.25, 0.3) is 0 Å². The van der Waals surface area contributed by atoms with Gasteiger partial charge in [0, 0.05) is 0 Å². The van der Waals surface area contributed by atoms with Gasteiger partial charge in [0.15, 0.2) is 0 Å². The summed E-state index contributed by atoms with van der Waals surface area (Å²) in [6.45, 7) is 0. The monoisotopic (exact) mass is 190 g/mol. The van der Waals surface area contributed by atoms with Crippen molar-refractivity contribution in [2.45, 2.75) is 0 Å². The maximum Gasteiger partial charge on any atom is 0.354 e. The molecule has 2 heterocycles. The normalized spacial score (nSPS) is 10.0. The number of aromatic carboxylic acids is 1. The Kier molecular flexibility index (Phi) is 1.98. The maximum atomic E-state index is 10.6. The summed E-state index contributed by atoms with van der Waals surface area (Å²) in [6, 6.07) is 4.75. The van der Waals surface area contributed by atoms with Crippen LogP contribution in [0, 0.1) is 0 Å². The van der Waals surface area contributed by atoms with Crippen LogP contribution in [0.25, 0.3) is 11.3 Å². The highest BCUT2D eigenvalue weighted by molar-refractivity contribution is 5.86.